The average Bonchev–Trinajstić information content (AvgIpc) is 2.71. The summed E-state index contributed by atoms with van der Waals surface area (Å²) in [6.07, 6.45) is 3.61. The van der Waals surface area contributed by atoms with Gasteiger partial charge in [0.05, 0.1) is 6.61 Å². The van der Waals surface area contributed by atoms with E-state index in [1.165, 1.54) is 0 Å². The smallest absolute Gasteiger partial charge is 0.120 e. The lowest BCUT2D eigenvalue weighted by Crippen LogP contribution is -1.98. The summed E-state index contributed by atoms with van der Waals surface area (Å²) in [6, 6.07) is 8.01. The SMILES string of the molecule is OCCCCOc1ccc2[nH]ccc2c1. The van der Waals surface area contributed by atoms with E-state index in [4.69, 9.17) is 9.84 Å². The summed E-state index contributed by atoms with van der Waals surface area (Å²) < 4.78 is 5.56. The number of nitrogens with one attached hydrogen (secondary N) is 1. The van der Waals surface area contributed by atoms with Gasteiger partial charge in [0.2, 0.25) is 0 Å². The van der Waals surface area contributed by atoms with Crippen LogP contribution >= 0.6 is 0 Å². The van der Waals surface area contributed by atoms with Gasteiger partial charge >= 0.3 is 0 Å². The zero-order valence-corrected chi connectivity index (χ0v) is 8.57. The minimum atomic E-state index is 0.236. The third-order valence-electron chi connectivity index (χ3n) is 2.35. The minimum Gasteiger partial charge on any atom is -0.494 e. The molecule has 0 saturated carbocycles. The van der Waals surface area contributed by atoms with Gasteiger partial charge in [0.1, 0.15) is 5.75 Å². The largest absolute Gasteiger partial charge is 0.494 e. The average molecular weight is 205 g/mol. The Bertz CT molecular complexity index is 422. The number of aromatic nitrogens is 1. The normalized spacial score (nSPS) is 10.7. The van der Waals surface area contributed by atoms with E-state index in [2.05, 4.69) is 4.98 Å². The molecule has 2 aromatic rings. The van der Waals surface area contributed by atoms with Gasteiger partial charge in [0.15, 0.2) is 0 Å². The molecule has 1 heterocycles. The van der Waals surface area contributed by atoms with E-state index >= 15 is 0 Å². The first-order valence-corrected chi connectivity index (χ1v) is 5.21. The van der Waals surface area contributed by atoms with E-state index < -0.39 is 0 Å². The molecule has 0 unspecified atom stereocenters. The molecule has 3 heteroatoms. The Balaban J connectivity index is 1.96. The second-order valence-corrected chi connectivity index (χ2v) is 3.51. The third kappa shape index (κ3) is 2.50. The van der Waals surface area contributed by atoms with E-state index in [0.717, 1.165) is 29.5 Å². The molecule has 2 rings (SSSR count). The van der Waals surface area contributed by atoms with Crippen LogP contribution in [0.25, 0.3) is 10.9 Å². The molecular weight excluding hydrogens is 190 g/mol. The van der Waals surface area contributed by atoms with Crippen LogP contribution in [0.3, 0.4) is 0 Å². The molecule has 0 bridgehead atoms. The molecule has 0 atom stereocenters. The lowest BCUT2D eigenvalue weighted by molar-refractivity contribution is 0.253. The Morgan fingerprint density at radius 3 is 3.00 bits per heavy atom. The number of hydrogen-bond acceptors (Lipinski definition) is 2. The van der Waals surface area contributed by atoms with Crippen LogP contribution in [-0.2, 0) is 0 Å². The maximum atomic E-state index is 8.62. The highest BCUT2D eigenvalue weighted by Crippen LogP contribution is 2.19. The van der Waals surface area contributed by atoms with E-state index in [1.54, 1.807) is 0 Å². The predicted molar refractivity (Wildman–Crippen MR) is 60.1 cm³/mol. The van der Waals surface area contributed by atoms with Crippen molar-refractivity contribution in [3.63, 3.8) is 0 Å². The topological polar surface area (TPSA) is 45.2 Å². The first kappa shape index (κ1) is 10.1. The predicted octanol–water partition coefficient (Wildman–Crippen LogP) is 2.32. The van der Waals surface area contributed by atoms with Crippen LogP contribution in [0.15, 0.2) is 30.5 Å². The second-order valence-electron chi connectivity index (χ2n) is 3.51. The molecule has 1 aromatic carbocycles. The van der Waals surface area contributed by atoms with E-state index in [-0.39, 0.29) is 6.61 Å². The number of rotatable bonds is 5. The quantitative estimate of drug-likeness (QED) is 0.736. The molecule has 3 nitrogen and oxygen atoms in total. The monoisotopic (exact) mass is 205 g/mol. The molecule has 0 fully saturated rings. The van der Waals surface area contributed by atoms with Crippen LogP contribution in [-0.4, -0.2) is 23.3 Å². The molecule has 0 aliphatic heterocycles. The Kier molecular flexibility index (Phi) is 3.25. The Morgan fingerprint density at radius 1 is 1.20 bits per heavy atom. The van der Waals surface area contributed by atoms with Crippen molar-refractivity contribution in [2.24, 2.45) is 0 Å². The highest BCUT2D eigenvalue weighted by molar-refractivity contribution is 5.80. The molecule has 0 spiro atoms. The number of benzene rings is 1. The summed E-state index contributed by atoms with van der Waals surface area (Å²) >= 11 is 0. The van der Waals surface area contributed by atoms with Crippen LogP contribution in [0.5, 0.6) is 5.75 Å². The molecule has 0 radical (unpaired) electrons. The van der Waals surface area contributed by atoms with Crippen molar-refractivity contribution in [2.75, 3.05) is 13.2 Å². The van der Waals surface area contributed by atoms with Crippen LogP contribution in [0.2, 0.25) is 0 Å². The summed E-state index contributed by atoms with van der Waals surface area (Å²) in [5.41, 5.74) is 1.12. The Hall–Kier alpha value is -1.48. The van der Waals surface area contributed by atoms with Crippen LogP contribution < -0.4 is 4.74 Å². The zero-order chi connectivity index (χ0) is 10.5. The van der Waals surface area contributed by atoms with Crippen molar-refractivity contribution in [3.8, 4) is 5.75 Å². The minimum absolute atomic E-state index is 0.236. The van der Waals surface area contributed by atoms with Crippen LogP contribution in [0.1, 0.15) is 12.8 Å². The highest BCUT2D eigenvalue weighted by Gasteiger charge is 1.97. The molecule has 2 N–H and O–H groups in total. The Labute approximate surface area is 88.7 Å². The highest BCUT2D eigenvalue weighted by atomic mass is 16.5. The first-order valence-electron chi connectivity index (χ1n) is 5.21. The molecule has 0 saturated heterocycles. The number of aromatic amines is 1. The lowest BCUT2D eigenvalue weighted by atomic mass is 10.2. The number of H-pyrrole nitrogens is 1. The van der Waals surface area contributed by atoms with Crippen molar-refractivity contribution in [3.05, 3.63) is 30.5 Å². The number of hydrogen-bond donors (Lipinski definition) is 2. The van der Waals surface area contributed by atoms with Crippen LogP contribution in [0, 0.1) is 0 Å². The van der Waals surface area contributed by atoms with Crippen molar-refractivity contribution in [1.82, 2.24) is 4.98 Å². The fourth-order valence-corrected chi connectivity index (χ4v) is 1.53. The summed E-state index contributed by atoms with van der Waals surface area (Å²) in [4.78, 5) is 3.13. The van der Waals surface area contributed by atoms with Gasteiger partial charge in [-0.2, -0.15) is 0 Å². The van der Waals surface area contributed by atoms with Crippen LogP contribution in [0.4, 0.5) is 0 Å². The second kappa shape index (κ2) is 4.84. The molecule has 0 amide bonds. The Morgan fingerprint density at radius 2 is 2.13 bits per heavy atom. The number of unbranched alkanes of at least 4 members (excludes halogenated alkanes) is 1. The summed E-state index contributed by atoms with van der Waals surface area (Å²) in [6.45, 7) is 0.899. The summed E-state index contributed by atoms with van der Waals surface area (Å²) in [7, 11) is 0. The van der Waals surface area contributed by atoms with Gasteiger partial charge in [0, 0.05) is 23.7 Å². The van der Waals surface area contributed by atoms with Gasteiger partial charge in [-0.05, 0) is 37.1 Å². The molecular formula is C12H15NO2. The summed E-state index contributed by atoms with van der Waals surface area (Å²) in [5, 5.41) is 9.78. The van der Waals surface area contributed by atoms with Gasteiger partial charge in [-0.3, -0.25) is 0 Å². The maximum Gasteiger partial charge on any atom is 0.120 e. The maximum absolute atomic E-state index is 8.62. The standard InChI is InChI=1S/C12H15NO2/c14-7-1-2-8-15-11-3-4-12-10(9-11)5-6-13-12/h3-6,9,13-14H,1-2,7-8H2. The molecule has 15 heavy (non-hydrogen) atoms. The molecule has 0 aliphatic rings. The molecule has 0 aliphatic carbocycles. The third-order valence-corrected chi connectivity index (χ3v) is 2.35. The number of fused-ring (bicyclic) bond motifs is 1. The number of ether oxygens (including phenoxy) is 1. The fraction of sp³-hybridized carbons (Fsp3) is 0.333. The van der Waals surface area contributed by atoms with Crippen molar-refractivity contribution in [2.45, 2.75) is 12.8 Å². The number of aliphatic hydroxyl groups excluding tert-OH is 1. The lowest BCUT2D eigenvalue weighted by Gasteiger charge is -2.05. The van der Waals surface area contributed by atoms with Gasteiger partial charge < -0.3 is 14.8 Å². The van der Waals surface area contributed by atoms with Gasteiger partial charge in [0.25, 0.3) is 0 Å². The number of aliphatic hydroxyl groups is 1. The van der Waals surface area contributed by atoms with E-state index in [0.29, 0.717) is 6.61 Å². The first-order chi connectivity index (χ1) is 7.40. The van der Waals surface area contributed by atoms with E-state index in [9.17, 15) is 0 Å². The van der Waals surface area contributed by atoms with Crippen molar-refractivity contribution >= 4 is 10.9 Å². The molecule has 80 valence electrons. The van der Waals surface area contributed by atoms with Gasteiger partial charge in [-0.1, -0.05) is 0 Å². The van der Waals surface area contributed by atoms with Crippen molar-refractivity contribution in [1.29, 1.82) is 0 Å². The van der Waals surface area contributed by atoms with Gasteiger partial charge in [-0.15, -0.1) is 0 Å². The van der Waals surface area contributed by atoms with E-state index in [1.807, 2.05) is 30.5 Å². The fourth-order valence-electron chi connectivity index (χ4n) is 1.53. The summed E-state index contributed by atoms with van der Waals surface area (Å²) in [5.74, 6) is 0.889. The van der Waals surface area contributed by atoms with Crippen molar-refractivity contribution < 1.29 is 9.84 Å². The van der Waals surface area contributed by atoms with Gasteiger partial charge in [-0.25, -0.2) is 0 Å². The zero-order valence-electron chi connectivity index (χ0n) is 8.57. The molecule has 1 aromatic heterocycles.